The summed E-state index contributed by atoms with van der Waals surface area (Å²) in [5.74, 6) is 0.496. The summed E-state index contributed by atoms with van der Waals surface area (Å²) in [7, 11) is 0. The van der Waals surface area contributed by atoms with Crippen LogP contribution in [0.15, 0.2) is 28.7 Å². The Balaban J connectivity index is 2.21. The maximum atomic E-state index is 13.2. The number of nitrogen functional groups attached to an aromatic ring is 1. The highest BCUT2D eigenvalue weighted by Crippen LogP contribution is 2.30. The maximum Gasteiger partial charge on any atom is 0.157 e. The molecule has 2 N–H and O–H groups in total. The van der Waals surface area contributed by atoms with Gasteiger partial charge < -0.3 is 10.2 Å². The zero-order valence-electron chi connectivity index (χ0n) is 10.6. The molecule has 2 heterocycles. The van der Waals surface area contributed by atoms with Gasteiger partial charge in [0, 0.05) is 5.39 Å². The number of anilines is 1. The number of halogens is 1. The number of rotatable bonds is 1. The maximum absolute atomic E-state index is 13.2. The molecule has 0 amide bonds. The summed E-state index contributed by atoms with van der Waals surface area (Å²) in [5, 5.41) is 0.675. The van der Waals surface area contributed by atoms with Crippen molar-refractivity contribution in [3.8, 4) is 11.5 Å². The van der Waals surface area contributed by atoms with E-state index >= 15 is 0 Å². The Morgan fingerprint density at radius 3 is 2.63 bits per heavy atom. The molecule has 96 valence electrons. The van der Waals surface area contributed by atoms with Crippen LogP contribution in [0.1, 0.15) is 11.4 Å². The van der Waals surface area contributed by atoms with Crippen LogP contribution in [-0.2, 0) is 0 Å². The van der Waals surface area contributed by atoms with Crippen molar-refractivity contribution in [1.29, 1.82) is 0 Å². The summed E-state index contributed by atoms with van der Waals surface area (Å²) in [4.78, 5) is 8.60. The van der Waals surface area contributed by atoms with Crippen molar-refractivity contribution in [2.75, 3.05) is 5.73 Å². The summed E-state index contributed by atoms with van der Waals surface area (Å²) in [6.45, 7) is 3.70. The molecule has 0 bridgehead atoms. The molecule has 0 aliphatic carbocycles. The van der Waals surface area contributed by atoms with Gasteiger partial charge in [-0.1, -0.05) is 0 Å². The minimum absolute atomic E-state index is 0.306. The third kappa shape index (κ3) is 1.93. The number of furan rings is 1. The molecule has 0 unspecified atom stereocenters. The Labute approximate surface area is 109 Å². The molecule has 0 saturated carbocycles. The average molecular weight is 257 g/mol. The number of aromatic nitrogens is 2. The fourth-order valence-electron chi connectivity index (χ4n) is 1.93. The molecule has 0 fully saturated rings. The lowest BCUT2D eigenvalue weighted by molar-refractivity contribution is 0.617. The van der Waals surface area contributed by atoms with E-state index in [1.54, 1.807) is 12.1 Å². The molecule has 5 heteroatoms. The lowest BCUT2D eigenvalue weighted by atomic mass is 10.2. The minimum atomic E-state index is -0.306. The first-order valence-corrected chi connectivity index (χ1v) is 5.85. The first-order chi connectivity index (χ1) is 9.04. The Morgan fingerprint density at radius 2 is 1.84 bits per heavy atom. The monoisotopic (exact) mass is 257 g/mol. The van der Waals surface area contributed by atoms with Crippen LogP contribution in [0.3, 0.4) is 0 Å². The quantitative estimate of drug-likeness (QED) is 0.726. The van der Waals surface area contributed by atoms with Crippen molar-refractivity contribution < 1.29 is 8.81 Å². The van der Waals surface area contributed by atoms with Crippen molar-refractivity contribution in [3.05, 3.63) is 41.5 Å². The van der Waals surface area contributed by atoms with Crippen LogP contribution in [0.2, 0.25) is 0 Å². The molecular formula is C14H12FN3O. The standard InChI is InChI=1S/C14H12FN3O/c1-7-8(2)18-14(16)13(17-7)12-6-9-5-10(15)3-4-11(9)19-12/h3-6H,1-2H3,(H2,16,18). The molecule has 2 aromatic heterocycles. The largest absolute Gasteiger partial charge is 0.454 e. The lowest BCUT2D eigenvalue weighted by Crippen LogP contribution is -2.01. The van der Waals surface area contributed by atoms with Gasteiger partial charge in [-0.05, 0) is 38.1 Å². The van der Waals surface area contributed by atoms with E-state index in [9.17, 15) is 4.39 Å². The summed E-state index contributed by atoms with van der Waals surface area (Å²) in [6, 6.07) is 6.06. The lowest BCUT2D eigenvalue weighted by Gasteiger charge is -2.04. The van der Waals surface area contributed by atoms with Crippen molar-refractivity contribution in [1.82, 2.24) is 9.97 Å². The van der Waals surface area contributed by atoms with E-state index in [0.29, 0.717) is 28.2 Å². The van der Waals surface area contributed by atoms with E-state index in [-0.39, 0.29) is 5.82 Å². The van der Waals surface area contributed by atoms with E-state index in [1.807, 2.05) is 13.8 Å². The van der Waals surface area contributed by atoms with Crippen LogP contribution in [0.5, 0.6) is 0 Å². The topological polar surface area (TPSA) is 64.9 Å². The van der Waals surface area contributed by atoms with E-state index in [4.69, 9.17) is 10.2 Å². The zero-order valence-corrected chi connectivity index (χ0v) is 10.6. The normalized spacial score (nSPS) is 11.1. The van der Waals surface area contributed by atoms with Gasteiger partial charge in [0.05, 0.1) is 11.4 Å². The van der Waals surface area contributed by atoms with E-state index in [1.165, 1.54) is 12.1 Å². The van der Waals surface area contributed by atoms with Gasteiger partial charge in [-0.2, -0.15) is 0 Å². The highest BCUT2D eigenvalue weighted by molar-refractivity contribution is 5.83. The highest BCUT2D eigenvalue weighted by Gasteiger charge is 2.13. The average Bonchev–Trinajstić information content (AvgIpc) is 2.76. The van der Waals surface area contributed by atoms with E-state index < -0.39 is 0 Å². The number of nitrogens with zero attached hydrogens (tertiary/aromatic N) is 2. The second-order valence-electron chi connectivity index (χ2n) is 4.42. The molecule has 3 rings (SSSR count). The van der Waals surface area contributed by atoms with E-state index in [2.05, 4.69) is 9.97 Å². The molecule has 0 spiro atoms. The summed E-state index contributed by atoms with van der Waals surface area (Å²) in [6.07, 6.45) is 0. The van der Waals surface area contributed by atoms with Gasteiger partial charge in [0.25, 0.3) is 0 Å². The van der Waals surface area contributed by atoms with Gasteiger partial charge in [0.1, 0.15) is 17.1 Å². The molecule has 1 aromatic carbocycles. The van der Waals surface area contributed by atoms with E-state index in [0.717, 1.165) is 11.4 Å². The van der Waals surface area contributed by atoms with Gasteiger partial charge in [-0.25, -0.2) is 14.4 Å². The Morgan fingerprint density at radius 1 is 1.11 bits per heavy atom. The first kappa shape index (κ1) is 11.6. The van der Waals surface area contributed by atoms with Crippen LogP contribution in [0.25, 0.3) is 22.4 Å². The van der Waals surface area contributed by atoms with Gasteiger partial charge in [0.15, 0.2) is 11.6 Å². The Bertz CT molecular complexity index is 780. The van der Waals surface area contributed by atoms with Crippen molar-refractivity contribution in [3.63, 3.8) is 0 Å². The molecule has 3 aromatic rings. The molecule has 0 saturated heterocycles. The second kappa shape index (κ2) is 4.05. The molecule has 0 aliphatic rings. The molecule has 4 nitrogen and oxygen atoms in total. The number of aryl methyl sites for hydroxylation is 2. The number of hydrogen-bond donors (Lipinski definition) is 1. The number of benzene rings is 1. The summed E-state index contributed by atoms with van der Waals surface area (Å²) >= 11 is 0. The summed E-state index contributed by atoms with van der Waals surface area (Å²) < 4.78 is 18.8. The summed E-state index contributed by atoms with van der Waals surface area (Å²) in [5.41, 5.74) is 8.51. The first-order valence-electron chi connectivity index (χ1n) is 5.85. The zero-order chi connectivity index (χ0) is 13.6. The molecule has 0 radical (unpaired) electrons. The number of hydrogen-bond acceptors (Lipinski definition) is 4. The predicted molar refractivity (Wildman–Crippen MR) is 71.1 cm³/mol. The highest BCUT2D eigenvalue weighted by atomic mass is 19.1. The van der Waals surface area contributed by atoms with Crippen LogP contribution in [0.4, 0.5) is 10.2 Å². The van der Waals surface area contributed by atoms with Gasteiger partial charge in [-0.3, -0.25) is 0 Å². The second-order valence-corrected chi connectivity index (χ2v) is 4.42. The van der Waals surface area contributed by atoms with Crippen LogP contribution >= 0.6 is 0 Å². The molecular weight excluding hydrogens is 245 g/mol. The number of nitrogens with two attached hydrogens (primary N) is 1. The van der Waals surface area contributed by atoms with Gasteiger partial charge >= 0.3 is 0 Å². The van der Waals surface area contributed by atoms with Gasteiger partial charge in [-0.15, -0.1) is 0 Å². The predicted octanol–water partition coefficient (Wildman–Crippen LogP) is 3.23. The van der Waals surface area contributed by atoms with Crippen LogP contribution < -0.4 is 5.73 Å². The third-order valence-corrected chi connectivity index (χ3v) is 3.05. The third-order valence-electron chi connectivity index (χ3n) is 3.05. The van der Waals surface area contributed by atoms with Gasteiger partial charge in [0.2, 0.25) is 0 Å². The van der Waals surface area contributed by atoms with Crippen molar-refractivity contribution in [2.45, 2.75) is 13.8 Å². The number of fused-ring (bicyclic) bond motifs is 1. The van der Waals surface area contributed by atoms with Crippen LogP contribution in [0, 0.1) is 19.7 Å². The Hall–Kier alpha value is -2.43. The molecule has 0 atom stereocenters. The Kier molecular flexibility index (Phi) is 2.48. The van der Waals surface area contributed by atoms with Crippen LogP contribution in [-0.4, -0.2) is 9.97 Å². The minimum Gasteiger partial charge on any atom is -0.454 e. The van der Waals surface area contributed by atoms with Crippen molar-refractivity contribution >= 4 is 16.8 Å². The van der Waals surface area contributed by atoms with Crippen molar-refractivity contribution in [2.24, 2.45) is 0 Å². The molecule has 19 heavy (non-hydrogen) atoms. The molecule has 0 aliphatic heterocycles. The fraction of sp³-hybridized carbons (Fsp3) is 0.143. The fourth-order valence-corrected chi connectivity index (χ4v) is 1.93. The SMILES string of the molecule is Cc1nc(N)c(-c2cc3cc(F)ccc3o2)nc1C. The smallest absolute Gasteiger partial charge is 0.157 e.